The number of hydrogen-bond donors (Lipinski definition) is 1. The Kier molecular flexibility index (Phi) is 6.79. The number of nitro groups is 1. The van der Waals surface area contributed by atoms with Gasteiger partial charge < -0.3 is 10.2 Å². The van der Waals surface area contributed by atoms with Crippen molar-refractivity contribution in [2.75, 3.05) is 38.0 Å². The lowest BCUT2D eigenvalue weighted by molar-refractivity contribution is -0.385. The van der Waals surface area contributed by atoms with E-state index in [1.165, 1.54) is 11.6 Å². The molecule has 0 radical (unpaired) electrons. The lowest BCUT2D eigenvalue weighted by Gasteiger charge is -2.34. The minimum absolute atomic E-state index is 0.0199. The maximum absolute atomic E-state index is 12.5. The van der Waals surface area contributed by atoms with Crippen LogP contribution in [0, 0.1) is 24.0 Å². The van der Waals surface area contributed by atoms with E-state index in [-0.39, 0.29) is 24.0 Å². The van der Waals surface area contributed by atoms with Crippen molar-refractivity contribution in [3.05, 3.63) is 69.3 Å². The van der Waals surface area contributed by atoms with Gasteiger partial charge in [-0.15, -0.1) is 0 Å². The zero-order valence-corrected chi connectivity index (χ0v) is 17.3. The predicted molar refractivity (Wildman–Crippen MR) is 114 cm³/mol. The molecule has 2 aromatic carbocycles. The van der Waals surface area contributed by atoms with Crippen LogP contribution in [0.2, 0.25) is 0 Å². The number of hydrogen-bond acceptors (Lipinski definition) is 5. The number of rotatable bonds is 6. The molecule has 1 fully saturated rings. The maximum Gasteiger partial charge on any atom is 0.274 e. The zero-order chi connectivity index (χ0) is 21.7. The Labute approximate surface area is 175 Å². The minimum atomic E-state index is -0.460. The van der Waals surface area contributed by atoms with E-state index >= 15 is 0 Å². The van der Waals surface area contributed by atoms with E-state index in [0.29, 0.717) is 43.9 Å². The summed E-state index contributed by atoms with van der Waals surface area (Å²) in [6.07, 6.45) is 0.382. The molecule has 2 amide bonds. The van der Waals surface area contributed by atoms with Gasteiger partial charge in [0.05, 0.1) is 17.9 Å². The first-order valence-electron chi connectivity index (χ1n) is 9.92. The Bertz CT molecular complexity index is 935. The standard InChI is InChI=1S/C22H26N4O4/c1-16-3-6-18(7-4-16)13-22(28)25-11-9-24(10-12-25)15-21(27)23-19-8-5-17(2)20(14-19)26(29)30/h3-8,14H,9-13,15H2,1-2H3,(H,23,27). The Morgan fingerprint density at radius 3 is 2.33 bits per heavy atom. The highest BCUT2D eigenvalue weighted by molar-refractivity contribution is 5.92. The molecule has 0 bridgehead atoms. The molecule has 1 aliphatic heterocycles. The summed E-state index contributed by atoms with van der Waals surface area (Å²) in [5.74, 6) is -0.137. The molecule has 2 aromatic rings. The largest absolute Gasteiger partial charge is 0.340 e. The van der Waals surface area contributed by atoms with Gasteiger partial charge in [0.1, 0.15) is 0 Å². The van der Waals surface area contributed by atoms with Gasteiger partial charge >= 0.3 is 0 Å². The topological polar surface area (TPSA) is 95.8 Å². The van der Waals surface area contributed by atoms with Crippen LogP contribution in [-0.2, 0) is 16.0 Å². The van der Waals surface area contributed by atoms with Crippen LogP contribution in [0.1, 0.15) is 16.7 Å². The predicted octanol–water partition coefficient (Wildman–Crippen LogP) is 2.54. The third-order valence-corrected chi connectivity index (χ3v) is 5.26. The normalized spacial score (nSPS) is 14.4. The van der Waals surface area contributed by atoms with Crippen molar-refractivity contribution < 1.29 is 14.5 Å². The summed E-state index contributed by atoms with van der Waals surface area (Å²) in [6.45, 7) is 6.23. The summed E-state index contributed by atoms with van der Waals surface area (Å²) in [6, 6.07) is 12.6. The van der Waals surface area contributed by atoms with Crippen molar-refractivity contribution in [3.8, 4) is 0 Å². The summed E-state index contributed by atoms with van der Waals surface area (Å²) in [4.78, 5) is 39.2. The summed E-state index contributed by atoms with van der Waals surface area (Å²) in [5, 5.41) is 13.8. The van der Waals surface area contributed by atoms with Gasteiger partial charge in [0.2, 0.25) is 11.8 Å². The molecule has 0 saturated carbocycles. The van der Waals surface area contributed by atoms with Gasteiger partial charge in [-0.05, 0) is 25.5 Å². The highest BCUT2D eigenvalue weighted by Gasteiger charge is 2.22. The van der Waals surface area contributed by atoms with Gasteiger partial charge in [0.25, 0.3) is 5.69 Å². The Morgan fingerprint density at radius 1 is 1.03 bits per heavy atom. The first-order chi connectivity index (χ1) is 14.3. The van der Waals surface area contributed by atoms with Crippen LogP contribution in [0.3, 0.4) is 0 Å². The summed E-state index contributed by atoms with van der Waals surface area (Å²) in [5.41, 5.74) is 3.10. The summed E-state index contributed by atoms with van der Waals surface area (Å²) < 4.78 is 0. The second-order valence-corrected chi connectivity index (χ2v) is 7.63. The number of anilines is 1. The average Bonchev–Trinajstić information content (AvgIpc) is 2.71. The maximum atomic E-state index is 12.5. The molecule has 8 nitrogen and oxygen atoms in total. The van der Waals surface area contributed by atoms with Crippen LogP contribution in [0.25, 0.3) is 0 Å². The second-order valence-electron chi connectivity index (χ2n) is 7.63. The van der Waals surface area contributed by atoms with Crippen LogP contribution in [-0.4, -0.2) is 59.3 Å². The highest BCUT2D eigenvalue weighted by atomic mass is 16.6. The monoisotopic (exact) mass is 410 g/mol. The van der Waals surface area contributed by atoms with Gasteiger partial charge in [-0.1, -0.05) is 35.9 Å². The summed E-state index contributed by atoms with van der Waals surface area (Å²) >= 11 is 0. The van der Waals surface area contributed by atoms with Crippen LogP contribution in [0.4, 0.5) is 11.4 Å². The van der Waals surface area contributed by atoms with Crippen LogP contribution in [0.15, 0.2) is 42.5 Å². The number of amides is 2. The van der Waals surface area contributed by atoms with Crippen molar-refractivity contribution >= 4 is 23.2 Å². The Hall–Kier alpha value is -3.26. The number of piperazine rings is 1. The van der Waals surface area contributed by atoms with Crippen LogP contribution in [0.5, 0.6) is 0 Å². The van der Waals surface area contributed by atoms with Gasteiger partial charge in [0, 0.05) is 43.5 Å². The minimum Gasteiger partial charge on any atom is -0.340 e. The number of nitrogens with zero attached hydrogens (tertiary/aromatic N) is 3. The molecule has 0 aliphatic carbocycles. The van der Waals surface area contributed by atoms with Gasteiger partial charge in [-0.3, -0.25) is 24.6 Å². The third-order valence-electron chi connectivity index (χ3n) is 5.26. The van der Waals surface area contributed by atoms with E-state index in [1.807, 2.05) is 41.0 Å². The molecule has 8 heteroatoms. The van der Waals surface area contributed by atoms with Crippen LogP contribution >= 0.6 is 0 Å². The summed E-state index contributed by atoms with van der Waals surface area (Å²) in [7, 11) is 0. The first-order valence-corrected chi connectivity index (χ1v) is 9.92. The zero-order valence-electron chi connectivity index (χ0n) is 17.3. The molecule has 1 heterocycles. The van der Waals surface area contributed by atoms with E-state index in [0.717, 1.165) is 5.56 Å². The number of nitrogens with one attached hydrogen (secondary N) is 1. The lowest BCUT2D eigenvalue weighted by Crippen LogP contribution is -2.50. The quantitative estimate of drug-likeness (QED) is 0.583. The van der Waals surface area contributed by atoms with Gasteiger partial charge in [-0.2, -0.15) is 0 Å². The number of nitro benzene ring substituents is 1. The molecule has 0 spiro atoms. The lowest BCUT2D eigenvalue weighted by atomic mass is 10.1. The molecule has 0 aromatic heterocycles. The molecular formula is C22H26N4O4. The number of benzene rings is 2. The third kappa shape index (κ3) is 5.64. The SMILES string of the molecule is Cc1ccc(CC(=O)N2CCN(CC(=O)Nc3ccc(C)c([N+](=O)[O-])c3)CC2)cc1. The average molecular weight is 410 g/mol. The Balaban J connectivity index is 1.46. The van der Waals surface area contributed by atoms with Crippen molar-refractivity contribution in [2.24, 2.45) is 0 Å². The molecule has 1 N–H and O–H groups in total. The van der Waals surface area contributed by atoms with Crippen molar-refractivity contribution in [1.29, 1.82) is 0 Å². The first kappa shape index (κ1) is 21.4. The fourth-order valence-electron chi connectivity index (χ4n) is 3.44. The van der Waals surface area contributed by atoms with Crippen LogP contribution < -0.4 is 5.32 Å². The molecule has 3 rings (SSSR count). The second kappa shape index (κ2) is 9.49. The number of carbonyl (C=O) groups is 2. The molecule has 30 heavy (non-hydrogen) atoms. The smallest absolute Gasteiger partial charge is 0.274 e. The molecule has 158 valence electrons. The van der Waals surface area contributed by atoms with Crippen molar-refractivity contribution in [2.45, 2.75) is 20.3 Å². The number of aryl methyl sites for hydroxylation is 2. The molecular weight excluding hydrogens is 384 g/mol. The molecule has 0 unspecified atom stereocenters. The van der Waals surface area contributed by atoms with E-state index in [2.05, 4.69) is 5.32 Å². The highest BCUT2D eigenvalue weighted by Crippen LogP contribution is 2.22. The fourth-order valence-corrected chi connectivity index (χ4v) is 3.44. The molecule has 0 atom stereocenters. The molecule has 1 aliphatic rings. The fraction of sp³-hybridized carbons (Fsp3) is 0.364. The van der Waals surface area contributed by atoms with Crippen molar-refractivity contribution in [3.63, 3.8) is 0 Å². The number of carbonyl (C=O) groups excluding carboxylic acids is 2. The van der Waals surface area contributed by atoms with E-state index in [9.17, 15) is 19.7 Å². The Morgan fingerprint density at radius 2 is 1.70 bits per heavy atom. The van der Waals surface area contributed by atoms with E-state index < -0.39 is 4.92 Å². The van der Waals surface area contributed by atoms with E-state index in [4.69, 9.17) is 0 Å². The van der Waals surface area contributed by atoms with Gasteiger partial charge in [-0.25, -0.2) is 0 Å². The molecule has 1 saturated heterocycles. The van der Waals surface area contributed by atoms with E-state index in [1.54, 1.807) is 19.1 Å². The van der Waals surface area contributed by atoms with Crippen molar-refractivity contribution in [1.82, 2.24) is 9.80 Å². The van der Waals surface area contributed by atoms with Gasteiger partial charge in [0.15, 0.2) is 0 Å².